The van der Waals surface area contributed by atoms with Crippen LogP contribution in [0.1, 0.15) is 38.1 Å². The fraction of sp³-hybridized carbons (Fsp3) is 0.452. The Labute approximate surface area is 244 Å². The number of aromatic nitrogens is 2. The van der Waals surface area contributed by atoms with Gasteiger partial charge in [0, 0.05) is 30.2 Å². The molecular weight excluding hydrogens is 543 g/mol. The Bertz CT molecular complexity index is 1500. The lowest BCUT2D eigenvalue weighted by atomic mass is 9.91. The number of pyridine rings is 1. The Balaban J connectivity index is 1.49. The molecule has 0 spiro atoms. The van der Waals surface area contributed by atoms with Crippen LogP contribution in [0.3, 0.4) is 0 Å². The highest BCUT2D eigenvalue weighted by molar-refractivity contribution is 5.94. The Hall–Kier alpha value is -4.22. The van der Waals surface area contributed by atoms with Crippen LogP contribution in [0.2, 0.25) is 0 Å². The number of likely N-dealkylation sites (tertiary alicyclic amines) is 1. The summed E-state index contributed by atoms with van der Waals surface area (Å²) < 4.78 is 41.9. The number of hydrogen-bond acceptors (Lipinski definition) is 6. The quantitative estimate of drug-likeness (QED) is 0.372. The molecule has 0 radical (unpaired) electrons. The van der Waals surface area contributed by atoms with Crippen LogP contribution in [0.15, 0.2) is 42.6 Å². The number of carbonyl (C=O) groups excluding carboxylic acids is 1. The number of halogens is 3. The number of hydrogen-bond donors (Lipinski definition) is 2. The minimum Gasteiger partial charge on any atom is -0.382 e. The van der Waals surface area contributed by atoms with Gasteiger partial charge in [-0.3, -0.25) is 9.78 Å². The molecule has 3 aromatic rings. The molecule has 1 aliphatic rings. The third kappa shape index (κ3) is 7.74. The van der Waals surface area contributed by atoms with Crippen molar-refractivity contribution in [2.24, 2.45) is 0 Å². The second kappa shape index (κ2) is 12.7. The van der Waals surface area contributed by atoms with Crippen LogP contribution >= 0.6 is 0 Å². The average Bonchev–Trinajstić information content (AvgIpc) is 3.28. The minimum absolute atomic E-state index is 0.0960. The SMILES string of the molecule is CN(C)CC(=O)N1CCC(Nc2cccc3c2cc(C#CCNc2ccc(C(C)(C)C#N)nc2)n3CC(F)(F)F)CC1. The molecule has 0 saturated carbocycles. The summed E-state index contributed by atoms with van der Waals surface area (Å²) in [5.74, 6) is 5.94. The van der Waals surface area contributed by atoms with E-state index < -0.39 is 18.1 Å². The molecule has 2 N–H and O–H groups in total. The van der Waals surface area contributed by atoms with Gasteiger partial charge in [0.25, 0.3) is 0 Å². The number of anilines is 2. The number of alkyl halides is 3. The lowest BCUT2D eigenvalue weighted by Crippen LogP contribution is -2.45. The number of amides is 1. The largest absolute Gasteiger partial charge is 0.406 e. The monoisotopic (exact) mass is 579 g/mol. The second-order valence-corrected chi connectivity index (χ2v) is 11.3. The van der Waals surface area contributed by atoms with E-state index in [0.29, 0.717) is 41.9 Å². The molecule has 1 aromatic carbocycles. The molecule has 1 aliphatic heterocycles. The van der Waals surface area contributed by atoms with Gasteiger partial charge in [0.05, 0.1) is 53.4 Å². The number of rotatable bonds is 8. The maximum Gasteiger partial charge on any atom is 0.406 e. The zero-order chi connectivity index (χ0) is 30.5. The zero-order valence-electron chi connectivity index (χ0n) is 24.3. The molecule has 0 unspecified atom stereocenters. The maximum atomic E-state index is 13.6. The third-order valence-corrected chi connectivity index (χ3v) is 7.22. The topological polar surface area (TPSA) is 89.2 Å². The molecule has 3 heterocycles. The summed E-state index contributed by atoms with van der Waals surface area (Å²) in [5, 5.41) is 16.6. The predicted octanol–water partition coefficient (Wildman–Crippen LogP) is 4.83. The van der Waals surface area contributed by atoms with E-state index in [1.807, 2.05) is 30.0 Å². The van der Waals surface area contributed by atoms with E-state index in [1.54, 1.807) is 50.4 Å². The molecule has 1 saturated heterocycles. The van der Waals surface area contributed by atoms with E-state index in [1.165, 1.54) is 4.57 Å². The molecule has 0 aliphatic carbocycles. The summed E-state index contributed by atoms with van der Waals surface area (Å²) in [6.45, 7) is 4.25. The van der Waals surface area contributed by atoms with E-state index in [0.717, 1.165) is 18.5 Å². The van der Waals surface area contributed by atoms with Gasteiger partial charge in [0.2, 0.25) is 5.91 Å². The van der Waals surface area contributed by atoms with Crippen LogP contribution in [0.4, 0.5) is 24.5 Å². The smallest absolute Gasteiger partial charge is 0.382 e. The van der Waals surface area contributed by atoms with Crippen LogP contribution in [0.25, 0.3) is 10.9 Å². The van der Waals surface area contributed by atoms with Crippen LogP contribution in [-0.2, 0) is 16.8 Å². The van der Waals surface area contributed by atoms with Crippen molar-refractivity contribution in [3.8, 4) is 17.9 Å². The number of carbonyl (C=O) groups is 1. The summed E-state index contributed by atoms with van der Waals surface area (Å²) in [7, 11) is 3.73. The molecule has 11 heteroatoms. The molecule has 8 nitrogen and oxygen atoms in total. The van der Waals surface area contributed by atoms with Crippen molar-refractivity contribution in [1.29, 1.82) is 5.26 Å². The number of likely N-dealkylation sites (N-methyl/N-ethyl adjacent to an activating group) is 1. The van der Waals surface area contributed by atoms with Crippen molar-refractivity contribution in [2.75, 3.05) is 50.9 Å². The van der Waals surface area contributed by atoms with Gasteiger partial charge in [-0.25, -0.2) is 0 Å². The fourth-order valence-electron chi connectivity index (χ4n) is 4.93. The maximum absolute atomic E-state index is 13.6. The van der Waals surface area contributed by atoms with Gasteiger partial charge in [-0.05, 0) is 77.0 Å². The van der Waals surface area contributed by atoms with Crippen molar-refractivity contribution < 1.29 is 18.0 Å². The fourth-order valence-corrected chi connectivity index (χ4v) is 4.93. The molecule has 1 fully saturated rings. The first-order valence-electron chi connectivity index (χ1n) is 13.8. The van der Waals surface area contributed by atoms with Gasteiger partial charge in [0.1, 0.15) is 6.54 Å². The molecule has 0 atom stereocenters. The molecule has 1 amide bonds. The number of nitrogens with zero attached hydrogens (tertiary/aromatic N) is 5. The third-order valence-electron chi connectivity index (χ3n) is 7.22. The Morgan fingerprint density at radius 1 is 1.17 bits per heavy atom. The van der Waals surface area contributed by atoms with Gasteiger partial charge >= 0.3 is 6.18 Å². The Kier molecular flexibility index (Phi) is 9.33. The predicted molar refractivity (Wildman–Crippen MR) is 158 cm³/mol. The summed E-state index contributed by atoms with van der Waals surface area (Å²) in [5.41, 5.74) is 2.10. The zero-order valence-corrected chi connectivity index (χ0v) is 24.3. The average molecular weight is 580 g/mol. The van der Waals surface area contributed by atoms with Crippen LogP contribution in [0.5, 0.6) is 0 Å². The minimum atomic E-state index is -4.42. The molecule has 2 aromatic heterocycles. The van der Waals surface area contributed by atoms with Crippen molar-refractivity contribution in [3.05, 3.63) is 54.0 Å². The Morgan fingerprint density at radius 3 is 2.52 bits per heavy atom. The van der Waals surface area contributed by atoms with E-state index in [9.17, 15) is 23.2 Å². The van der Waals surface area contributed by atoms with E-state index in [-0.39, 0.29) is 24.2 Å². The van der Waals surface area contributed by atoms with Gasteiger partial charge in [0.15, 0.2) is 0 Å². The van der Waals surface area contributed by atoms with E-state index in [4.69, 9.17) is 0 Å². The molecule has 0 bridgehead atoms. The number of fused-ring (bicyclic) bond motifs is 1. The van der Waals surface area contributed by atoms with Gasteiger partial charge < -0.3 is 25.0 Å². The summed E-state index contributed by atoms with van der Waals surface area (Å²) in [6, 6.07) is 12.9. The summed E-state index contributed by atoms with van der Waals surface area (Å²) >= 11 is 0. The number of piperidine rings is 1. The van der Waals surface area contributed by atoms with Crippen molar-refractivity contribution in [1.82, 2.24) is 19.4 Å². The highest BCUT2D eigenvalue weighted by atomic mass is 19.4. The van der Waals surface area contributed by atoms with Gasteiger partial charge in [-0.1, -0.05) is 12.0 Å². The molecule has 42 heavy (non-hydrogen) atoms. The summed E-state index contributed by atoms with van der Waals surface area (Å²) in [6.07, 6.45) is -1.31. The first kappa shape index (κ1) is 30.7. The van der Waals surface area contributed by atoms with E-state index >= 15 is 0 Å². The normalized spacial score (nSPS) is 14.4. The first-order chi connectivity index (χ1) is 19.9. The molecular formula is C31H36F3N7O. The van der Waals surface area contributed by atoms with Gasteiger partial charge in [-0.15, -0.1) is 0 Å². The molecule has 222 valence electrons. The van der Waals surface area contributed by atoms with Gasteiger partial charge in [-0.2, -0.15) is 18.4 Å². The molecule has 4 rings (SSSR count). The lowest BCUT2D eigenvalue weighted by molar-refractivity contribution is -0.140. The van der Waals surface area contributed by atoms with Crippen LogP contribution in [-0.4, -0.2) is 77.8 Å². The van der Waals surface area contributed by atoms with Crippen molar-refractivity contribution >= 4 is 28.2 Å². The number of nitrogens with one attached hydrogen (secondary N) is 2. The van der Waals surface area contributed by atoms with Crippen molar-refractivity contribution in [2.45, 2.75) is 50.9 Å². The second-order valence-electron chi connectivity index (χ2n) is 11.3. The first-order valence-corrected chi connectivity index (χ1v) is 13.8. The van der Waals surface area contributed by atoms with Crippen LogP contribution < -0.4 is 10.6 Å². The standard InChI is InChI=1S/C31H36F3N7O/c1-30(2,20-35)28-11-10-23(18-37-28)36-14-6-7-24-17-25-26(8-5-9-27(25)41(24)21-31(32,33)34)38-22-12-15-40(16-13-22)29(42)19-39(3)4/h5,8-11,17-18,22,36,38H,12-16,19,21H2,1-4H3. The lowest BCUT2D eigenvalue weighted by Gasteiger charge is -2.33. The highest BCUT2D eigenvalue weighted by Crippen LogP contribution is 2.31. The number of benzene rings is 1. The van der Waals surface area contributed by atoms with Crippen LogP contribution in [0, 0.1) is 23.2 Å². The number of nitriles is 1. The highest BCUT2D eigenvalue weighted by Gasteiger charge is 2.30. The van der Waals surface area contributed by atoms with Crippen molar-refractivity contribution in [3.63, 3.8) is 0 Å². The van der Waals surface area contributed by atoms with E-state index in [2.05, 4.69) is 33.5 Å². The Morgan fingerprint density at radius 2 is 1.90 bits per heavy atom. The summed E-state index contributed by atoms with van der Waals surface area (Å²) in [4.78, 5) is 20.4.